The number of Topliss-reactive ketones (excluding diaryl/α,β-unsaturated/α-hetero) is 2. The molecule has 1 aromatic carbocycles. The van der Waals surface area contributed by atoms with Crippen molar-refractivity contribution in [3.05, 3.63) is 28.8 Å². The molecule has 0 saturated heterocycles. The molecule has 0 aliphatic heterocycles. The fourth-order valence-corrected chi connectivity index (χ4v) is 2.04. The lowest BCUT2D eigenvalue weighted by Gasteiger charge is -2.09. The second kappa shape index (κ2) is 5.46. The van der Waals surface area contributed by atoms with Crippen LogP contribution in [0.3, 0.4) is 0 Å². The smallest absolute Gasteiger partial charge is 0.216 e. The Morgan fingerprint density at radius 3 is 2.50 bits per heavy atom. The number of carbonyl (C=O) groups is 2. The zero-order valence-corrected chi connectivity index (χ0v) is 11.1. The van der Waals surface area contributed by atoms with Crippen LogP contribution < -0.4 is 4.74 Å². The number of alkyl halides is 1. The second-order valence-corrected chi connectivity index (χ2v) is 4.50. The number of carbonyl (C=O) groups excluding carboxylic acids is 2. The third kappa shape index (κ3) is 2.83. The van der Waals surface area contributed by atoms with Gasteiger partial charge in [-0.1, -0.05) is 33.6 Å². The highest BCUT2D eigenvalue weighted by Gasteiger charge is 2.21. The van der Waals surface area contributed by atoms with Crippen LogP contribution in [0.1, 0.15) is 17.3 Å². The molecule has 0 aliphatic carbocycles. The molecule has 86 valence electrons. The van der Waals surface area contributed by atoms with E-state index in [0.717, 1.165) is 0 Å². The predicted octanol–water partition coefficient (Wildman–Crippen LogP) is 2.94. The Hall–Kier alpha value is -0.870. The number of methoxy groups -OCH3 is 1. The molecule has 0 N–H and O–H groups in total. The summed E-state index contributed by atoms with van der Waals surface area (Å²) in [4.78, 5) is 21.7. The summed E-state index contributed by atoms with van der Waals surface area (Å²) in [6.45, 7) is 1.24. The van der Waals surface area contributed by atoms with Crippen molar-refractivity contribution in [1.82, 2.24) is 0 Å². The number of rotatable bonds is 4. The van der Waals surface area contributed by atoms with Crippen molar-refractivity contribution in [2.75, 3.05) is 7.11 Å². The lowest BCUT2D eigenvalue weighted by molar-refractivity contribution is -0.135. The predicted molar refractivity (Wildman–Crippen MR) is 65.4 cm³/mol. The van der Waals surface area contributed by atoms with Gasteiger partial charge in [0.25, 0.3) is 0 Å². The lowest BCUT2D eigenvalue weighted by Crippen LogP contribution is -2.15. The Morgan fingerprint density at radius 1 is 1.44 bits per heavy atom. The van der Waals surface area contributed by atoms with Crippen LogP contribution in [0.15, 0.2) is 18.2 Å². The van der Waals surface area contributed by atoms with Gasteiger partial charge in [-0.05, 0) is 17.7 Å². The molecule has 1 rings (SSSR count). The van der Waals surface area contributed by atoms with Crippen molar-refractivity contribution in [2.45, 2.75) is 11.8 Å². The van der Waals surface area contributed by atoms with Gasteiger partial charge in [0.05, 0.1) is 12.1 Å². The van der Waals surface area contributed by atoms with Crippen molar-refractivity contribution in [3.63, 3.8) is 0 Å². The van der Waals surface area contributed by atoms with E-state index in [1.165, 1.54) is 14.0 Å². The molecule has 1 aromatic rings. The summed E-state index contributed by atoms with van der Waals surface area (Å²) in [6.07, 6.45) is 0. The van der Waals surface area contributed by atoms with E-state index in [1.807, 2.05) is 0 Å². The zero-order valence-electron chi connectivity index (χ0n) is 8.79. The van der Waals surface area contributed by atoms with Crippen molar-refractivity contribution >= 4 is 39.1 Å². The zero-order chi connectivity index (χ0) is 12.3. The van der Waals surface area contributed by atoms with Crippen molar-refractivity contribution < 1.29 is 14.3 Å². The van der Waals surface area contributed by atoms with Crippen LogP contribution in [0, 0.1) is 0 Å². The molecule has 0 aromatic heterocycles. The quantitative estimate of drug-likeness (QED) is 0.634. The van der Waals surface area contributed by atoms with E-state index in [1.54, 1.807) is 18.2 Å². The summed E-state index contributed by atoms with van der Waals surface area (Å²) in [5.74, 6) is -0.463. The molecule has 3 nitrogen and oxygen atoms in total. The summed E-state index contributed by atoms with van der Waals surface area (Å²) in [5, 5.41) is 0.404. The van der Waals surface area contributed by atoms with Crippen molar-refractivity contribution in [1.29, 1.82) is 0 Å². The molecule has 0 bridgehead atoms. The first kappa shape index (κ1) is 13.2. The van der Waals surface area contributed by atoms with E-state index >= 15 is 0 Å². The molecule has 16 heavy (non-hydrogen) atoms. The number of hydrogen-bond donors (Lipinski definition) is 0. The standard InChI is InChI=1S/C11H10BrClO3/c1-6(14)11(15)10(12)7-3-4-9(16-2)8(13)5-7/h3-5,10H,1-2H3. The number of ketones is 2. The average Bonchev–Trinajstić information content (AvgIpc) is 2.26. The maximum atomic E-state index is 11.4. The highest BCUT2D eigenvalue weighted by atomic mass is 79.9. The van der Waals surface area contributed by atoms with Gasteiger partial charge in [0.15, 0.2) is 5.78 Å². The Balaban J connectivity index is 3.01. The first-order chi connectivity index (χ1) is 7.47. The van der Waals surface area contributed by atoms with E-state index in [4.69, 9.17) is 16.3 Å². The Morgan fingerprint density at radius 2 is 2.06 bits per heavy atom. The van der Waals surface area contributed by atoms with E-state index in [9.17, 15) is 9.59 Å². The molecule has 0 amide bonds. The Labute approximate surface area is 107 Å². The largest absolute Gasteiger partial charge is 0.495 e. The topological polar surface area (TPSA) is 43.4 Å². The molecule has 0 aliphatic rings. The third-order valence-corrected chi connectivity index (χ3v) is 3.29. The maximum Gasteiger partial charge on any atom is 0.216 e. The number of halogens is 2. The summed E-state index contributed by atoms with van der Waals surface area (Å²) in [7, 11) is 1.51. The van der Waals surface area contributed by atoms with Gasteiger partial charge in [-0.2, -0.15) is 0 Å². The normalized spacial score (nSPS) is 12.0. The van der Waals surface area contributed by atoms with Gasteiger partial charge in [0.2, 0.25) is 5.78 Å². The van der Waals surface area contributed by atoms with Gasteiger partial charge in [-0.15, -0.1) is 0 Å². The highest BCUT2D eigenvalue weighted by Crippen LogP contribution is 2.31. The monoisotopic (exact) mass is 304 g/mol. The molecule has 0 heterocycles. The highest BCUT2D eigenvalue weighted by molar-refractivity contribution is 9.09. The number of hydrogen-bond acceptors (Lipinski definition) is 3. The van der Waals surface area contributed by atoms with Gasteiger partial charge < -0.3 is 4.74 Å². The van der Waals surface area contributed by atoms with E-state index in [0.29, 0.717) is 16.3 Å². The molecule has 0 spiro atoms. The Kier molecular flexibility index (Phi) is 4.50. The van der Waals surface area contributed by atoms with E-state index < -0.39 is 16.4 Å². The molecule has 0 fully saturated rings. The SMILES string of the molecule is COc1ccc(C(Br)C(=O)C(C)=O)cc1Cl. The van der Waals surface area contributed by atoms with Crippen LogP contribution in [0.2, 0.25) is 5.02 Å². The van der Waals surface area contributed by atoms with Crippen LogP contribution in [-0.2, 0) is 9.59 Å². The molecule has 0 saturated carbocycles. The van der Waals surface area contributed by atoms with Gasteiger partial charge in [-0.3, -0.25) is 9.59 Å². The van der Waals surface area contributed by atoms with Gasteiger partial charge in [0, 0.05) is 6.92 Å². The fraction of sp³-hybridized carbons (Fsp3) is 0.273. The number of ether oxygens (including phenoxy) is 1. The van der Waals surface area contributed by atoms with E-state index in [2.05, 4.69) is 15.9 Å². The van der Waals surface area contributed by atoms with Crippen LogP contribution in [0.25, 0.3) is 0 Å². The summed E-state index contributed by atoms with van der Waals surface area (Å²) >= 11 is 9.08. The van der Waals surface area contributed by atoms with Crippen molar-refractivity contribution in [3.8, 4) is 5.75 Å². The molecule has 1 unspecified atom stereocenters. The Bertz CT molecular complexity index is 431. The summed E-state index contributed by atoms with van der Waals surface area (Å²) in [5.41, 5.74) is 0.631. The van der Waals surface area contributed by atoms with Gasteiger partial charge in [-0.25, -0.2) is 0 Å². The first-order valence-corrected chi connectivity index (χ1v) is 5.79. The maximum absolute atomic E-state index is 11.4. The first-order valence-electron chi connectivity index (χ1n) is 4.49. The molecule has 5 heteroatoms. The summed E-state index contributed by atoms with van der Waals surface area (Å²) in [6, 6.07) is 4.94. The van der Waals surface area contributed by atoms with Crippen molar-refractivity contribution in [2.24, 2.45) is 0 Å². The second-order valence-electron chi connectivity index (χ2n) is 3.18. The van der Waals surface area contributed by atoms with Crippen LogP contribution in [-0.4, -0.2) is 18.7 Å². The van der Waals surface area contributed by atoms with Crippen LogP contribution in [0.4, 0.5) is 0 Å². The lowest BCUT2D eigenvalue weighted by atomic mass is 10.1. The van der Waals surface area contributed by atoms with Gasteiger partial charge >= 0.3 is 0 Å². The molecule has 0 radical (unpaired) electrons. The third-order valence-electron chi connectivity index (χ3n) is 2.05. The molecule has 1 atom stereocenters. The minimum atomic E-state index is -0.659. The molecular formula is C11H10BrClO3. The number of benzene rings is 1. The van der Waals surface area contributed by atoms with Crippen LogP contribution in [0.5, 0.6) is 5.75 Å². The van der Waals surface area contributed by atoms with Crippen LogP contribution >= 0.6 is 27.5 Å². The fourth-order valence-electron chi connectivity index (χ4n) is 1.17. The summed E-state index contributed by atoms with van der Waals surface area (Å²) < 4.78 is 4.99. The minimum absolute atomic E-state index is 0.404. The van der Waals surface area contributed by atoms with Gasteiger partial charge in [0.1, 0.15) is 10.6 Å². The average molecular weight is 306 g/mol. The van der Waals surface area contributed by atoms with E-state index in [-0.39, 0.29) is 0 Å². The minimum Gasteiger partial charge on any atom is -0.495 e. The molecular weight excluding hydrogens is 295 g/mol.